The van der Waals surface area contributed by atoms with Crippen molar-refractivity contribution in [2.75, 3.05) is 10.6 Å². The van der Waals surface area contributed by atoms with Crippen LogP contribution in [0.15, 0.2) is 60.7 Å². The zero-order valence-electron chi connectivity index (χ0n) is 13.7. The molecule has 0 fully saturated rings. The number of anilines is 2. The molecule has 5 nitrogen and oxygen atoms in total. The summed E-state index contributed by atoms with van der Waals surface area (Å²) in [5.41, 5.74) is 1.21. The minimum atomic E-state index is -0.349. The predicted octanol–water partition coefficient (Wildman–Crippen LogP) is 3.55. The minimum absolute atomic E-state index is 0.106. The largest absolute Gasteiger partial charge is 0.364 e. The Morgan fingerprint density at radius 1 is 0.885 bits per heavy atom. The summed E-state index contributed by atoms with van der Waals surface area (Å²) in [6, 6.07) is 15.4. The normalized spacial score (nSPS) is 10.4. The minimum Gasteiger partial charge on any atom is -0.364 e. The van der Waals surface area contributed by atoms with E-state index < -0.39 is 0 Å². The van der Waals surface area contributed by atoms with Crippen molar-refractivity contribution in [2.24, 2.45) is 0 Å². The number of nitrogens with one attached hydrogen (secondary N) is 2. The molecule has 132 valence electrons. The van der Waals surface area contributed by atoms with Crippen LogP contribution in [0, 0.1) is 11.6 Å². The number of carbonyl (C=O) groups excluding carboxylic acids is 1. The quantitative estimate of drug-likeness (QED) is 0.710. The van der Waals surface area contributed by atoms with Crippen molar-refractivity contribution in [1.29, 1.82) is 0 Å². The summed E-state index contributed by atoms with van der Waals surface area (Å²) >= 11 is 0. The Balaban J connectivity index is 1.53. The van der Waals surface area contributed by atoms with Gasteiger partial charge in [0.2, 0.25) is 5.91 Å². The van der Waals surface area contributed by atoms with E-state index in [9.17, 15) is 13.6 Å². The molecule has 0 saturated heterocycles. The van der Waals surface area contributed by atoms with Crippen LogP contribution in [0.5, 0.6) is 0 Å². The zero-order valence-corrected chi connectivity index (χ0v) is 13.7. The van der Waals surface area contributed by atoms with Gasteiger partial charge in [-0.2, -0.15) is 0 Å². The summed E-state index contributed by atoms with van der Waals surface area (Å²) in [5, 5.41) is 13.4. The molecule has 0 aliphatic carbocycles. The van der Waals surface area contributed by atoms with Gasteiger partial charge in [-0.3, -0.25) is 4.79 Å². The van der Waals surface area contributed by atoms with Crippen LogP contribution in [0.25, 0.3) is 0 Å². The van der Waals surface area contributed by atoms with Crippen molar-refractivity contribution < 1.29 is 13.6 Å². The Morgan fingerprint density at radius 2 is 1.58 bits per heavy atom. The number of hydrogen-bond acceptors (Lipinski definition) is 4. The highest BCUT2D eigenvalue weighted by Crippen LogP contribution is 2.11. The Hall–Kier alpha value is -3.35. The number of halogens is 2. The Kier molecular flexibility index (Phi) is 5.48. The maximum atomic E-state index is 13.6. The molecule has 0 saturated carbocycles. The van der Waals surface area contributed by atoms with E-state index in [0.717, 1.165) is 0 Å². The van der Waals surface area contributed by atoms with Crippen LogP contribution in [0.4, 0.5) is 20.4 Å². The molecule has 2 aromatic carbocycles. The molecule has 1 aromatic heterocycles. The highest BCUT2D eigenvalue weighted by atomic mass is 19.1. The van der Waals surface area contributed by atoms with E-state index in [-0.39, 0.29) is 30.5 Å². The molecule has 26 heavy (non-hydrogen) atoms. The lowest BCUT2D eigenvalue weighted by Gasteiger charge is -2.07. The maximum Gasteiger partial charge on any atom is 0.229 e. The van der Waals surface area contributed by atoms with Crippen LogP contribution in [-0.2, 0) is 17.8 Å². The summed E-state index contributed by atoms with van der Waals surface area (Å²) in [4.78, 5) is 12.0. The number of aromatic nitrogens is 2. The molecule has 3 aromatic rings. The fourth-order valence-electron chi connectivity index (χ4n) is 2.30. The van der Waals surface area contributed by atoms with E-state index in [4.69, 9.17) is 0 Å². The first-order valence-electron chi connectivity index (χ1n) is 7.95. The van der Waals surface area contributed by atoms with Crippen LogP contribution < -0.4 is 10.6 Å². The second kappa shape index (κ2) is 8.15. The van der Waals surface area contributed by atoms with Crippen LogP contribution in [0.3, 0.4) is 0 Å². The fourth-order valence-corrected chi connectivity index (χ4v) is 2.30. The number of hydrogen-bond donors (Lipinski definition) is 2. The van der Waals surface area contributed by atoms with Gasteiger partial charge in [0.15, 0.2) is 5.82 Å². The Morgan fingerprint density at radius 3 is 2.27 bits per heavy atom. The number of rotatable bonds is 6. The van der Waals surface area contributed by atoms with E-state index >= 15 is 0 Å². The van der Waals surface area contributed by atoms with Crippen molar-refractivity contribution in [3.8, 4) is 0 Å². The van der Waals surface area contributed by atoms with Crippen LogP contribution in [0.2, 0.25) is 0 Å². The van der Waals surface area contributed by atoms with Gasteiger partial charge in [0.05, 0.1) is 6.42 Å². The molecular formula is C19H16F2N4O. The van der Waals surface area contributed by atoms with E-state index in [1.54, 1.807) is 42.5 Å². The van der Waals surface area contributed by atoms with Gasteiger partial charge in [-0.15, -0.1) is 10.2 Å². The monoisotopic (exact) mass is 354 g/mol. The lowest BCUT2D eigenvalue weighted by atomic mass is 10.1. The smallest absolute Gasteiger partial charge is 0.229 e. The van der Waals surface area contributed by atoms with Gasteiger partial charge in [0.1, 0.15) is 17.5 Å². The molecule has 0 aliphatic heterocycles. The summed E-state index contributed by atoms with van der Waals surface area (Å²) in [6.07, 6.45) is 0.106. The van der Waals surface area contributed by atoms with Gasteiger partial charge in [-0.25, -0.2) is 8.78 Å². The molecule has 3 rings (SSSR count). The van der Waals surface area contributed by atoms with Gasteiger partial charge in [-0.05, 0) is 35.9 Å². The molecule has 0 aliphatic rings. The van der Waals surface area contributed by atoms with Gasteiger partial charge in [-0.1, -0.05) is 30.3 Å². The molecule has 2 N–H and O–H groups in total. The summed E-state index contributed by atoms with van der Waals surface area (Å²) in [6.45, 7) is 0.275. The second-order valence-corrected chi connectivity index (χ2v) is 5.60. The maximum absolute atomic E-state index is 13.6. The number of amides is 1. The number of carbonyl (C=O) groups is 1. The second-order valence-electron chi connectivity index (χ2n) is 5.60. The van der Waals surface area contributed by atoms with Gasteiger partial charge in [0.25, 0.3) is 0 Å². The van der Waals surface area contributed by atoms with Crippen molar-refractivity contribution in [2.45, 2.75) is 13.0 Å². The van der Waals surface area contributed by atoms with E-state index in [1.807, 2.05) is 0 Å². The standard InChI is InChI=1S/C19H16F2N4O/c20-15-7-5-13(6-8-15)11-19(26)23-18-10-9-17(24-25-18)22-12-14-3-1-2-4-16(14)21/h1-10H,11-12H2,(H,22,24)(H,23,25,26). The molecule has 7 heteroatoms. The molecule has 1 heterocycles. The molecule has 0 atom stereocenters. The van der Waals surface area contributed by atoms with Gasteiger partial charge < -0.3 is 10.6 Å². The first kappa shape index (κ1) is 17.5. The van der Waals surface area contributed by atoms with Gasteiger partial charge in [0, 0.05) is 12.1 Å². The molecule has 0 radical (unpaired) electrons. The van der Waals surface area contributed by atoms with E-state index in [0.29, 0.717) is 22.8 Å². The number of benzene rings is 2. The SMILES string of the molecule is O=C(Cc1ccc(F)cc1)Nc1ccc(NCc2ccccc2F)nn1. The topological polar surface area (TPSA) is 66.9 Å². The van der Waals surface area contributed by atoms with E-state index in [2.05, 4.69) is 20.8 Å². The molecule has 0 unspecified atom stereocenters. The molecular weight excluding hydrogens is 338 g/mol. The predicted molar refractivity (Wildman–Crippen MR) is 94.5 cm³/mol. The van der Waals surface area contributed by atoms with Crippen LogP contribution >= 0.6 is 0 Å². The average molecular weight is 354 g/mol. The van der Waals surface area contributed by atoms with E-state index in [1.165, 1.54) is 18.2 Å². The van der Waals surface area contributed by atoms with Gasteiger partial charge >= 0.3 is 0 Å². The number of nitrogens with zero attached hydrogens (tertiary/aromatic N) is 2. The Bertz CT molecular complexity index is 883. The zero-order chi connectivity index (χ0) is 18.4. The summed E-state index contributed by atoms with van der Waals surface area (Å²) < 4.78 is 26.4. The van der Waals surface area contributed by atoms with Crippen molar-refractivity contribution in [1.82, 2.24) is 10.2 Å². The third kappa shape index (κ3) is 4.83. The highest BCUT2D eigenvalue weighted by Gasteiger charge is 2.06. The van der Waals surface area contributed by atoms with Crippen LogP contribution in [0.1, 0.15) is 11.1 Å². The van der Waals surface area contributed by atoms with Crippen molar-refractivity contribution in [3.63, 3.8) is 0 Å². The highest BCUT2D eigenvalue weighted by molar-refractivity contribution is 5.91. The lowest BCUT2D eigenvalue weighted by Crippen LogP contribution is -2.16. The first-order valence-corrected chi connectivity index (χ1v) is 7.95. The fraction of sp³-hybridized carbons (Fsp3) is 0.105. The lowest BCUT2D eigenvalue weighted by molar-refractivity contribution is -0.115. The molecule has 0 spiro atoms. The summed E-state index contributed by atoms with van der Waals surface area (Å²) in [5.74, 6) is -0.160. The van der Waals surface area contributed by atoms with Crippen molar-refractivity contribution >= 4 is 17.5 Å². The molecule has 0 bridgehead atoms. The van der Waals surface area contributed by atoms with Crippen LogP contribution in [-0.4, -0.2) is 16.1 Å². The van der Waals surface area contributed by atoms with Crippen molar-refractivity contribution in [3.05, 3.63) is 83.4 Å². The first-order chi connectivity index (χ1) is 12.6. The third-order valence-corrected chi connectivity index (χ3v) is 3.63. The summed E-state index contributed by atoms with van der Waals surface area (Å²) in [7, 11) is 0. The Labute approximate surface area is 149 Å². The molecule has 1 amide bonds. The third-order valence-electron chi connectivity index (χ3n) is 3.63. The average Bonchev–Trinajstić information content (AvgIpc) is 2.64.